The predicted octanol–water partition coefficient (Wildman–Crippen LogP) is 1.98. The third-order valence-corrected chi connectivity index (χ3v) is 3.93. The quantitative estimate of drug-likeness (QED) is 0.707. The van der Waals surface area contributed by atoms with Crippen LogP contribution in [0.2, 0.25) is 0 Å². The van der Waals surface area contributed by atoms with E-state index in [0.29, 0.717) is 12.2 Å². The number of hydrogen-bond donors (Lipinski definition) is 2. The number of nitrogens with zero attached hydrogens (tertiary/aromatic N) is 5. The average molecular weight is 335 g/mol. The van der Waals surface area contributed by atoms with E-state index in [9.17, 15) is 5.21 Å². The standard InChI is InChI=1S/C17H15N6O2/c24-23(25)14-8-6-13(7-9-14)22-16(12-4-2-1-3-5-12)15(20-21-22)17-18-10-11-19-17/h1-9,24H,10-11H2,(H,18,19)/q-1. The maximum Gasteiger partial charge on any atom is 0.156 e. The molecule has 0 aliphatic carbocycles. The van der Waals surface area contributed by atoms with Crippen molar-refractivity contribution >= 4 is 11.5 Å². The lowest BCUT2D eigenvalue weighted by Crippen LogP contribution is -2.20. The molecule has 0 saturated heterocycles. The fraction of sp³-hybridized carbons (Fsp3) is 0.118. The molecule has 0 saturated carbocycles. The highest BCUT2D eigenvalue weighted by Crippen LogP contribution is 2.26. The average Bonchev–Trinajstić information content (AvgIpc) is 3.32. The highest BCUT2D eigenvalue weighted by atomic mass is 16.8. The number of hydrogen-bond acceptors (Lipinski definition) is 7. The number of aliphatic imine (C=N–C) groups is 1. The highest BCUT2D eigenvalue weighted by Gasteiger charge is 2.22. The van der Waals surface area contributed by atoms with Crippen LogP contribution in [0.25, 0.3) is 16.9 Å². The second kappa shape index (κ2) is 6.34. The molecular formula is C17H15N6O2-. The Labute approximate surface area is 143 Å². The molecule has 0 atom stereocenters. The number of amidine groups is 1. The number of nitrogens with one attached hydrogen (secondary N) is 1. The summed E-state index contributed by atoms with van der Waals surface area (Å²) in [5.74, 6) is 0.725. The van der Waals surface area contributed by atoms with Crippen LogP contribution >= 0.6 is 0 Å². The molecule has 1 aliphatic heterocycles. The van der Waals surface area contributed by atoms with E-state index in [4.69, 9.17) is 5.21 Å². The lowest BCUT2D eigenvalue weighted by Gasteiger charge is -2.21. The molecule has 0 fully saturated rings. The van der Waals surface area contributed by atoms with Gasteiger partial charge >= 0.3 is 0 Å². The fourth-order valence-corrected chi connectivity index (χ4v) is 2.75. The largest absolute Gasteiger partial charge is 0.733 e. The third kappa shape index (κ3) is 2.84. The maximum absolute atomic E-state index is 11.0. The van der Waals surface area contributed by atoms with Gasteiger partial charge in [-0.15, -0.1) is 5.10 Å². The van der Waals surface area contributed by atoms with Gasteiger partial charge in [-0.1, -0.05) is 35.5 Å². The van der Waals surface area contributed by atoms with E-state index in [-0.39, 0.29) is 10.9 Å². The summed E-state index contributed by atoms with van der Waals surface area (Å²) in [5.41, 5.74) is 3.31. The Bertz CT molecular complexity index is 903. The Morgan fingerprint density at radius 2 is 1.84 bits per heavy atom. The Morgan fingerprint density at radius 3 is 2.48 bits per heavy atom. The molecule has 126 valence electrons. The summed E-state index contributed by atoms with van der Waals surface area (Å²) < 4.78 is 1.70. The molecule has 8 heteroatoms. The van der Waals surface area contributed by atoms with Crippen molar-refractivity contribution in [1.29, 1.82) is 0 Å². The van der Waals surface area contributed by atoms with Gasteiger partial charge in [0, 0.05) is 12.1 Å². The fourth-order valence-electron chi connectivity index (χ4n) is 2.75. The number of aromatic nitrogens is 3. The highest BCUT2D eigenvalue weighted by molar-refractivity contribution is 6.03. The summed E-state index contributed by atoms with van der Waals surface area (Å²) in [5, 5.41) is 31.6. The van der Waals surface area contributed by atoms with Crippen LogP contribution < -0.4 is 10.5 Å². The SMILES string of the molecule is [O-]N(O)c1ccc(-n2nnc(C3=NCCN3)c2-c2ccccc2)cc1. The van der Waals surface area contributed by atoms with Gasteiger partial charge in [0.25, 0.3) is 0 Å². The molecule has 4 rings (SSSR count). The summed E-state index contributed by atoms with van der Waals surface area (Å²) in [4.78, 5) is 4.45. The molecule has 0 amide bonds. The topological polar surface area (TPSA) is 102 Å². The minimum absolute atomic E-state index is 0.146. The Balaban J connectivity index is 1.85. The number of benzene rings is 2. The molecule has 3 aromatic rings. The predicted molar refractivity (Wildman–Crippen MR) is 93.8 cm³/mol. The molecule has 2 heterocycles. The molecular weight excluding hydrogens is 320 g/mol. The van der Waals surface area contributed by atoms with Gasteiger partial charge in [0.1, 0.15) is 5.69 Å². The van der Waals surface area contributed by atoms with Crippen LogP contribution in [-0.4, -0.2) is 39.1 Å². The van der Waals surface area contributed by atoms with E-state index in [0.717, 1.165) is 29.3 Å². The van der Waals surface area contributed by atoms with Crippen molar-refractivity contribution in [3.05, 3.63) is 65.5 Å². The molecule has 2 N–H and O–H groups in total. The molecule has 0 bridgehead atoms. The van der Waals surface area contributed by atoms with E-state index in [1.54, 1.807) is 16.8 Å². The zero-order valence-electron chi connectivity index (χ0n) is 13.2. The monoisotopic (exact) mass is 335 g/mol. The van der Waals surface area contributed by atoms with Crippen LogP contribution in [0.5, 0.6) is 0 Å². The molecule has 25 heavy (non-hydrogen) atoms. The molecule has 0 radical (unpaired) electrons. The zero-order chi connectivity index (χ0) is 17.2. The summed E-state index contributed by atoms with van der Waals surface area (Å²) in [7, 11) is 0. The van der Waals surface area contributed by atoms with Crippen molar-refractivity contribution in [3.63, 3.8) is 0 Å². The van der Waals surface area contributed by atoms with Gasteiger partial charge in [-0.3, -0.25) is 10.2 Å². The molecule has 0 spiro atoms. The summed E-state index contributed by atoms with van der Waals surface area (Å²) in [6, 6.07) is 16.2. The van der Waals surface area contributed by atoms with Crippen molar-refractivity contribution < 1.29 is 5.21 Å². The first-order chi connectivity index (χ1) is 12.2. The van der Waals surface area contributed by atoms with Crippen LogP contribution in [0.4, 0.5) is 5.69 Å². The van der Waals surface area contributed by atoms with E-state index in [1.807, 2.05) is 30.3 Å². The summed E-state index contributed by atoms with van der Waals surface area (Å²) >= 11 is 0. The van der Waals surface area contributed by atoms with Gasteiger partial charge in [0.15, 0.2) is 11.5 Å². The molecule has 2 aromatic carbocycles. The van der Waals surface area contributed by atoms with Crippen molar-refractivity contribution in [2.75, 3.05) is 18.3 Å². The lowest BCUT2D eigenvalue weighted by molar-refractivity contribution is 0.296. The van der Waals surface area contributed by atoms with E-state index < -0.39 is 0 Å². The van der Waals surface area contributed by atoms with Crippen molar-refractivity contribution in [1.82, 2.24) is 20.3 Å². The second-order valence-electron chi connectivity index (χ2n) is 5.51. The first kappa shape index (κ1) is 15.3. The molecule has 0 unspecified atom stereocenters. The van der Waals surface area contributed by atoms with Gasteiger partial charge in [-0.05, 0) is 24.3 Å². The lowest BCUT2D eigenvalue weighted by atomic mass is 10.1. The Morgan fingerprint density at radius 1 is 1.08 bits per heavy atom. The van der Waals surface area contributed by atoms with Crippen LogP contribution in [0.3, 0.4) is 0 Å². The van der Waals surface area contributed by atoms with Crippen molar-refractivity contribution in [3.8, 4) is 16.9 Å². The van der Waals surface area contributed by atoms with Gasteiger partial charge in [-0.2, -0.15) is 0 Å². The third-order valence-electron chi connectivity index (χ3n) is 3.93. The molecule has 1 aliphatic rings. The normalized spacial score (nSPS) is 13.4. The summed E-state index contributed by atoms with van der Waals surface area (Å²) in [6.07, 6.45) is 0. The smallest absolute Gasteiger partial charge is 0.156 e. The zero-order valence-corrected chi connectivity index (χ0v) is 13.2. The second-order valence-corrected chi connectivity index (χ2v) is 5.51. The first-order valence-corrected chi connectivity index (χ1v) is 7.80. The van der Waals surface area contributed by atoms with Gasteiger partial charge in [0.2, 0.25) is 0 Å². The molecule has 1 aromatic heterocycles. The van der Waals surface area contributed by atoms with E-state index in [2.05, 4.69) is 20.6 Å². The van der Waals surface area contributed by atoms with Gasteiger partial charge in [-0.25, -0.2) is 4.68 Å². The van der Waals surface area contributed by atoms with E-state index >= 15 is 0 Å². The summed E-state index contributed by atoms with van der Waals surface area (Å²) in [6.45, 7) is 1.49. The Kier molecular flexibility index (Phi) is 3.88. The van der Waals surface area contributed by atoms with Crippen LogP contribution in [0.15, 0.2) is 59.6 Å². The number of anilines is 1. The van der Waals surface area contributed by atoms with Crippen molar-refractivity contribution in [2.24, 2.45) is 4.99 Å². The van der Waals surface area contributed by atoms with Gasteiger partial charge in [0.05, 0.1) is 17.9 Å². The van der Waals surface area contributed by atoms with Crippen LogP contribution in [0, 0.1) is 5.21 Å². The van der Waals surface area contributed by atoms with Gasteiger partial charge < -0.3 is 15.8 Å². The maximum atomic E-state index is 11.0. The van der Waals surface area contributed by atoms with Crippen LogP contribution in [0.1, 0.15) is 5.69 Å². The van der Waals surface area contributed by atoms with Crippen LogP contribution in [-0.2, 0) is 0 Å². The van der Waals surface area contributed by atoms with E-state index in [1.165, 1.54) is 12.1 Å². The minimum atomic E-state index is -0.175. The minimum Gasteiger partial charge on any atom is -0.733 e. The molecule has 8 nitrogen and oxygen atoms in total. The Hall–Kier alpha value is -3.23. The number of rotatable bonds is 4. The first-order valence-electron chi connectivity index (χ1n) is 7.80. The van der Waals surface area contributed by atoms with Crippen molar-refractivity contribution in [2.45, 2.75) is 0 Å².